The number of likely N-dealkylation sites (N-methyl/N-ethyl adjacent to an activating group) is 2. The molecule has 1 fully saturated rings. The van der Waals surface area contributed by atoms with E-state index in [-0.39, 0.29) is 5.57 Å². The van der Waals surface area contributed by atoms with Crippen LogP contribution in [0, 0.1) is 0 Å². The molecule has 122 valence electrons. The van der Waals surface area contributed by atoms with Crippen molar-refractivity contribution in [1.82, 2.24) is 9.80 Å². The van der Waals surface area contributed by atoms with Crippen molar-refractivity contribution in [3.05, 3.63) is 29.3 Å². The first-order valence-corrected chi connectivity index (χ1v) is 7.03. The minimum Gasteiger partial charge on any atom is -0.492 e. The highest BCUT2D eigenvalue weighted by Gasteiger charge is 2.38. The number of carbonyl (C=O) groups is 3. The second-order valence-corrected chi connectivity index (χ2v) is 4.88. The smallest absolute Gasteiger partial charge is 0.333 e. The molecule has 1 aliphatic rings. The number of benzene rings is 1. The highest BCUT2D eigenvalue weighted by Crippen LogP contribution is 2.33. The Hall–Kier alpha value is -2.83. The summed E-state index contributed by atoms with van der Waals surface area (Å²) in [6, 6.07) is 4.50. The number of methoxy groups -OCH3 is 1. The normalized spacial score (nSPS) is 15.1. The van der Waals surface area contributed by atoms with E-state index in [1.807, 2.05) is 6.92 Å². The average molecular weight is 318 g/mol. The number of hydrogen-bond acceptors (Lipinski definition) is 5. The van der Waals surface area contributed by atoms with Gasteiger partial charge in [-0.2, -0.15) is 0 Å². The molecule has 1 aromatic rings. The van der Waals surface area contributed by atoms with Crippen molar-refractivity contribution in [2.45, 2.75) is 6.92 Å². The van der Waals surface area contributed by atoms with Gasteiger partial charge in [-0.25, -0.2) is 4.79 Å². The molecule has 1 saturated heterocycles. The molecule has 1 aromatic carbocycles. The third-order valence-corrected chi connectivity index (χ3v) is 3.46. The summed E-state index contributed by atoms with van der Waals surface area (Å²) < 4.78 is 10.8. The van der Waals surface area contributed by atoms with Crippen LogP contribution in [0.1, 0.15) is 12.5 Å². The molecule has 0 saturated carbocycles. The van der Waals surface area contributed by atoms with Crippen molar-refractivity contribution >= 4 is 23.9 Å². The van der Waals surface area contributed by atoms with Gasteiger partial charge in [-0.15, -0.1) is 0 Å². The molecule has 0 aliphatic carbocycles. The van der Waals surface area contributed by atoms with E-state index in [9.17, 15) is 14.4 Å². The molecule has 0 aromatic heterocycles. The second-order valence-electron chi connectivity index (χ2n) is 4.88. The first-order valence-electron chi connectivity index (χ1n) is 7.03. The molecule has 4 amide bonds. The number of amides is 4. The Morgan fingerprint density at radius 2 is 1.70 bits per heavy atom. The Balaban J connectivity index is 2.52. The molecule has 1 heterocycles. The lowest BCUT2D eigenvalue weighted by molar-refractivity contribution is -0.134. The molecule has 0 bridgehead atoms. The lowest BCUT2D eigenvalue weighted by atomic mass is 10.1. The van der Waals surface area contributed by atoms with E-state index < -0.39 is 17.8 Å². The molecule has 23 heavy (non-hydrogen) atoms. The molecule has 7 heteroatoms. The van der Waals surface area contributed by atoms with Crippen molar-refractivity contribution in [3.8, 4) is 11.5 Å². The van der Waals surface area contributed by atoms with E-state index in [1.54, 1.807) is 18.2 Å². The molecule has 0 N–H and O–H groups in total. The first kappa shape index (κ1) is 16.5. The summed E-state index contributed by atoms with van der Waals surface area (Å²) in [5.41, 5.74) is 0.410. The third-order valence-electron chi connectivity index (χ3n) is 3.46. The number of nitrogens with zero attached hydrogens (tertiary/aromatic N) is 2. The average Bonchev–Trinajstić information content (AvgIpc) is 2.55. The van der Waals surface area contributed by atoms with Crippen molar-refractivity contribution in [2.24, 2.45) is 0 Å². The predicted octanol–water partition coefficient (Wildman–Crippen LogP) is 1.53. The van der Waals surface area contributed by atoms with Gasteiger partial charge in [-0.1, -0.05) is 12.1 Å². The van der Waals surface area contributed by atoms with Crippen LogP contribution in [-0.2, 0) is 9.59 Å². The van der Waals surface area contributed by atoms with Gasteiger partial charge in [0.2, 0.25) is 0 Å². The van der Waals surface area contributed by atoms with E-state index in [4.69, 9.17) is 9.47 Å². The van der Waals surface area contributed by atoms with Gasteiger partial charge >= 0.3 is 6.03 Å². The second kappa shape index (κ2) is 6.51. The monoisotopic (exact) mass is 318 g/mol. The van der Waals surface area contributed by atoms with Crippen molar-refractivity contribution in [2.75, 3.05) is 27.8 Å². The minimum absolute atomic E-state index is 0.110. The van der Waals surface area contributed by atoms with Gasteiger partial charge in [-0.3, -0.25) is 19.4 Å². The summed E-state index contributed by atoms with van der Waals surface area (Å²) in [7, 11) is 4.14. The summed E-state index contributed by atoms with van der Waals surface area (Å²) in [4.78, 5) is 38.0. The molecule has 0 spiro atoms. The zero-order valence-electron chi connectivity index (χ0n) is 13.5. The number of urea groups is 1. The van der Waals surface area contributed by atoms with Gasteiger partial charge in [0, 0.05) is 19.7 Å². The lowest BCUT2D eigenvalue weighted by Gasteiger charge is -2.29. The molecular weight excluding hydrogens is 300 g/mol. The fourth-order valence-electron chi connectivity index (χ4n) is 2.26. The number of barbiturate groups is 1. The van der Waals surface area contributed by atoms with Gasteiger partial charge < -0.3 is 9.47 Å². The van der Waals surface area contributed by atoms with Crippen molar-refractivity contribution in [3.63, 3.8) is 0 Å². The van der Waals surface area contributed by atoms with E-state index in [1.165, 1.54) is 27.3 Å². The SMILES string of the molecule is CCOc1cccc(C=C2C(=O)N(C)C(=O)N(C)C2=O)c1OC. The Kier molecular flexibility index (Phi) is 4.68. The maximum absolute atomic E-state index is 12.2. The summed E-state index contributed by atoms with van der Waals surface area (Å²) in [6.07, 6.45) is 1.41. The molecule has 7 nitrogen and oxygen atoms in total. The standard InChI is InChI=1S/C16H18N2O5/c1-5-23-12-8-6-7-10(13(12)22-4)9-11-14(19)17(2)16(21)18(3)15(11)20/h6-9H,5H2,1-4H3. The third kappa shape index (κ3) is 2.90. The molecule has 0 unspecified atom stereocenters. The Labute approximate surface area is 134 Å². The van der Waals surface area contributed by atoms with Gasteiger partial charge in [0.05, 0.1) is 13.7 Å². The largest absolute Gasteiger partial charge is 0.492 e. The zero-order valence-corrected chi connectivity index (χ0v) is 13.5. The van der Waals surface area contributed by atoms with Crippen LogP contribution < -0.4 is 9.47 Å². The summed E-state index contributed by atoms with van der Waals surface area (Å²) in [5.74, 6) is -0.369. The van der Waals surface area contributed by atoms with Crippen LogP contribution in [0.4, 0.5) is 4.79 Å². The van der Waals surface area contributed by atoms with Gasteiger partial charge in [0.25, 0.3) is 11.8 Å². The van der Waals surface area contributed by atoms with Crippen LogP contribution in [0.2, 0.25) is 0 Å². The zero-order chi connectivity index (χ0) is 17.1. The molecular formula is C16H18N2O5. The van der Waals surface area contributed by atoms with E-state index in [2.05, 4.69) is 0 Å². The van der Waals surface area contributed by atoms with Crippen LogP contribution in [0.5, 0.6) is 11.5 Å². The summed E-state index contributed by atoms with van der Waals surface area (Å²) in [6.45, 7) is 2.29. The van der Waals surface area contributed by atoms with Gasteiger partial charge in [0.1, 0.15) is 5.57 Å². The summed E-state index contributed by atoms with van der Waals surface area (Å²) in [5, 5.41) is 0. The fourth-order valence-corrected chi connectivity index (χ4v) is 2.26. The Morgan fingerprint density at radius 3 is 2.22 bits per heavy atom. The molecule has 1 aliphatic heterocycles. The van der Waals surface area contributed by atoms with Crippen LogP contribution >= 0.6 is 0 Å². The number of para-hydroxylation sites is 1. The van der Waals surface area contributed by atoms with Gasteiger partial charge in [-0.05, 0) is 19.1 Å². The van der Waals surface area contributed by atoms with Crippen molar-refractivity contribution in [1.29, 1.82) is 0 Å². The quantitative estimate of drug-likeness (QED) is 0.621. The maximum Gasteiger partial charge on any atom is 0.333 e. The molecule has 0 atom stereocenters. The highest BCUT2D eigenvalue weighted by molar-refractivity contribution is 6.30. The number of carbonyl (C=O) groups excluding carboxylic acids is 3. The van der Waals surface area contributed by atoms with E-state index >= 15 is 0 Å². The van der Waals surface area contributed by atoms with Crippen LogP contribution in [-0.4, -0.2) is 55.5 Å². The van der Waals surface area contributed by atoms with Crippen LogP contribution in [0.3, 0.4) is 0 Å². The maximum atomic E-state index is 12.2. The number of rotatable bonds is 4. The predicted molar refractivity (Wildman–Crippen MR) is 83.1 cm³/mol. The number of ether oxygens (including phenoxy) is 2. The fraction of sp³-hybridized carbons (Fsp3) is 0.312. The molecule has 0 radical (unpaired) electrons. The summed E-state index contributed by atoms with van der Waals surface area (Å²) >= 11 is 0. The topological polar surface area (TPSA) is 76.2 Å². The van der Waals surface area contributed by atoms with E-state index in [0.717, 1.165) is 9.80 Å². The molecule has 2 rings (SSSR count). The van der Waals surface area contributed by atoms with Crippen LogP contribution in [0.15, 0.2) is 23.8 Å². The van der Waals surface area contributed by atoms with Gasteiger partial charge in [0.15, 0.2) is 11.5 Å². The van der Waals surface area contributed by atoms with Crippen LogP contribution in [0.25, 0.3) is 6.08 Å². The highest BCUT2D eigenvalue weighted by atomic mass is 16.5. The number of imide groups is 2. The van der Waals surface area contributed by atoms with E-state index in [0.29, 0.717) is 23.7 Å². The number of hydrogen-bond donors (Lipinski definition) is 0. The minimum atomic E-state index is -0.660. The first-order chi connectivity index (χ1) is 10.9. The Morgan fingerprint density at radius 1 is 1.09 bits per heavy atom. The van der Waals surface area contributed by atoms with Crippen molar-refractivity contribution < 1.29 is 23.9 Å². The Bertz CT molecular complexity index is 670. The lowest BCUT2D eigenvalue weighted by Crippen LogP contribution is -2.52.